The number of hydrogen-bond donors (Lipinski definition) is 1. The highest BCUT2D eigenvalue weighted by Crippen LogP contribution is 2.24. The maximum Gasteiger partial charge on any atom is 0.270 e. The number of para-hydroxylation sites is 2. The fraction of sp³-hybridized carbons (Fsp3) is 0.190. The molecule has 0 saturated heterocycles. The van der Waals surface area contributed by atoms with E-state index in [1.165, 1.54) is 16.9 Å². The molecule has 0 fully saturated rings. The Kier molecular flexibility index (Phi) is 4.73. The van der Waals surface area contributed by atoms with Gasteiger partial charge in [0.1, 0.15) is 16.5 Å². The summed E-state index contributed by atoms with van der Waals surface area (Å²) in [4.78, 5) is 21.5. The lowest BCUT2D eigenvalue weighted by atomic mass is 10.2. The first-order valence-electron chi connectivity index (χ1n) is 8.84. The molecule has 0 saturated carbocycles. The monoisotopic (exact) mass is 376 g/mol. The van der Waals surface area contributed by atoms with Crippen LogP contribution in [0.2, 0.25) is 0 Å². The zero-order chi connectivity index (χ0) is 18.8. The lowest BCUT2D eigenvalue weighted by Gasteiger charge is -2.07. The highest BCUT2D eigenvalue weighted by molar-refractivity contribution is 7.13. The third-order valence-corrected chi connectivity index (χ3v) is 5.39. The van der Waals surface area contributed by atoms with Crippen LogP contribution in [0.25, 0.3) is 21.6 Å². The molecule has 0 bridgehead atoms. The molecule has 0 aliphatic heterocycles. The average Bonchev–Trinajstić information content (AvgIpc) is 3.27. The predicted molar refractivity (Wildman–Crippen MR) is 109 cm³/mol. The van der Waals surface area contributed by atoms with E-state index in [1.54, 1.807) is 0 Å². The first-order chi connectivity index (χ1) is 13.1. The largest absolute Gasteiger partial charge is 0.349 e. The Morgan fingerprint density at radius 3 is 2.67 bits per heavy atom. The minimum Gasteiger partial charge on any atom is -0.349 e. The number of imidazole rings is 1. The Balaban J connectivity index is 1.41. The molecule has 2 heterocycles. The van der Waals surface area contributed by atoms with Crippen molar-refractivity contribution in [3.63, 3.8) is 0 Å². The van der Waals surface area contributed by atoms with Crippen LogP contribution in [-0.4, -0.2) is 27.0 Å². The number of thiazole rings is 1. The van der Waals surface area contributed by atoms with Crippen molar-refractivity contribution in [1.82, 2.24) is 19.9 Å². The van der Waals surface area contributed by atoms with Gasteiger partial charge in [0, 0.05) is 24.0 Å². The van der Waals surface area contributed by atoms with Gasteiger partial charge in [0.25, 0.3) is 5.91 Å². The number of aromatic nitrogens is 3. The van der Waals surface area contributed by atoms with Crippen molar-refractivity contribution < 1.29 is 4.79 Å². The van der Waals surface area contributed by atoms with Gasteiger partial charge in [-0.2, -0.15) is 0 Å². The van der Waals surface area contributed by atoms with Gasteiger partial charge in [0.15, 0.2) is 0 Å². The average molecular weight is 376 g/mol. The summed E-state index contributed by atoms with van der Waals surface area (Å²) in [6.45, 7) is 5.23. The van der Waals surface area contributed by atoms with Gasteiger partial charge in [0.05, 0.1) is 11.0 Å². The lowest BCUT2D eigenvalue weighted by Crippen LogP contribution is -2.27. The van der Waals surface area contributed by atoms with Crippen molar-refractivity contribution in [3.05, 3.63) is 71.0 Å². The van der Waals surface area contributed by atoms with E-state index in [9.17, 15) is 4.79 Å². The van der Waals surface area contributed by atoms with Crippen LogP contribution in [0.3, 0.4) is 0 Å². The molecule has 136 valence electrons. The molecule has 5 nitrogen and oxygen atoms in total. The molecule has 1 N–H and O–H groups in total. The van der Waals surface area contributed by atoms with Gasteiger partial charge < -0.3 is 9.88 Å². The van der Waals surface area contributed by atoms with Crippen molar-refractivity contribution in [2.45, 2.75) is 20.4 Å². The van der Waals surface area contributed by atoms with Crippen LogP contribution in [-0.2, 0) is 6.54 Å². The summed E-state index contributed by atoms with van der Waals surface area (Å²) in [5.74, 6) is 0.799. The molecular weight excluding hydrogens is 356 g/mol. The maximum atomic E-state index is 12.4. The van der Waals surface area contributed by atoms with E-state index in [1.807, 2.05) is 60.8 Å². The molecule has 0 unspecified atom stereocenters. The standard InChI is InChI=1S/C21H20N4OS/c1-14-7-9-16(10-8-14)21-24-18(13-27-21)20(26)22-11-12-25-15(2)23-17-5-3-4-6-19(17)25/h3-10,13H,11-12H2,1-2H3,(H,22,26). The molecular formula is C21H20N4OS. The van der Waals surface area contributed by atoms with Crippen molar-refractivity contribution in [3.8, 4) is 10.6 Å². The molecule has 4 aromatic rings. The Labute approximate surface area is 161 Å². The maximum absolute atomic E-state index is 12.4. The summed E-state index contributed by atoms with van der Waals surface area (Å²) < 4.78 is 2.12. The predicted octanol–water partition coefficient (Wildman–Crippen LogP) is 4.21. The van der Waals surface area contributed by atoms with E-state index in [4.69, 9.17) is 0 Å². The van der Waals surface area contributed by atoms with E-state index >= 15 is 0 Å². The molecule has 27 heavy (non-hydrogen) atoms. The second-order valence-electron chi connectivity index (χ2n) is 6.46. The minimum atomic E-state index is -0.147. The van der Waals surface area contributed by atoms with E-state index in [-0.39, 0.29) is 5.91 Å². The molecule has 4 rings (SSSR count). The number of aryl methyl sites for hydroxylation is 2. The number of carbonyl (C=O) groups excluding carboxylic acids is 1. The normalized spacial score (nSPS) is 11.0. The van der Waals surface area contributed by atoms with Crippen LogP contribution in [0.4, 0.5) is 0 Å². The van der Waals surface area contributed by atoms with E-state index < -0.39 is 0 Å². The van der Waals surface area contributed by atoms with Gasteiger partial charge in [-0.25, -0.2) is 9.97 Å². The zero-order valence-electron chi connectivity index (χ0n) is 15.3. The second-order valence-corrected chi connectivity index (χ2v) is 7.32. The van der Waals surface area contributed by atoms with E-state index in [2.05, 4.69) is 26.8 Å². The van der Waals surface area contributed by atoms with E-state index in [0.717, 1.165) is 27.4 Å². The molecule has 2 aromatic carbocycles. The Hall–Kier alpha value is -2.99. The first-order valence-corrected chi connectivity index (χ1v) is 9.72. The number of hydrogen-bond acceptors (Lipinski definition) is 4. The molecule has 0 aliphatic carbocycles. The first kappa shape index (κ1) is 17.4. The summed E-state index contributed by atoms with van der Waals surface area (Å²) in [6.07, 6.45) is 0. The van der Waals surface area contributed by atoms with Gasteiger partial charge in [-0.3, -0.25) is 4.79 Å². The SMILES string of the molecule is Cc1ccc(-c2nc(C(=O)NCCn3c(C)nc4ccccc43)cs2)cc1. The van der Waals surface area contributed by atoms with Crippen LogP contribution in [0, 0.1) is 13.8 Å². The summed E-state index contributed by atoms with van der Waals surface area (Å²) in [6, 6.07) is 16.2. The zero-order valence-corrected chi connectivity index (χ0v) is 16.1. The van der Waals surface area contributed by atoms with Crippen molar-refractivity contribution in [2.24, 2.45) is 0 Å². The highest BCUT2D eigenvalue weighted by Gasteiger charge is 2.12. The Morgan fingerprint density at radius 1 is 1.07 bits per heavy atom. The number of nitrogens with one attached hydrogen (secondary N) is 1. The van der Waals surface area contributed by atoms with Crippen LogP contribution in [0.1, 0.15) is 21.9 Å². The number of nitrogens with zero attached hydrogens (tertiary/aromatic N) is 3. The Morgan fingerprint density at radius 2 is 1.85 bits per heavy atom. The Bertz CT molecular complexity index is 1100. The van der Waals surface area contributed by atoms with Gasteiger partial charge >= 0.3 is 0 Å². The third kappa shape index (κ3) is 3.61. The summed E-state index contributed by atoms with van der Waals surface area (Å²) in [5, 5.41) is 5.63. The molecule has 0 atom stereocenters. The van der Waals surface area contributed by atoms with Gasteiger partial charge in [-0.15, -0.1) is 11.3 Å². The third-order valence-electron chi connectivity index (χ3n) is 4.50. The van der Waals surface area contributed by atoms with Gasteiger partial charge in [-0.1, -0.05) is 42.0 Å². The molecule has 0 aliphatic rings. The minimum absolute atomic E-state index is 0.147. The number of fused-ring (bicyclic) bond motifs is 1. The number of rotatable bonds is 5. The van der Waals surface area contributed by atoms with Crippen molar-refractivity contribution in [1.29, 1.82) is 0 Å². The summed E-state index contributed by atoms with van der Waals surface area (Å²) >= 11 is 1.49. The highest BCUT2D eigenvalue weighted by atomic mass is 32.1. The van der Waals surface area contributed by atoms with Crippen molar-refractivity contribution in [2.75, 3.05) is 6.54 Å². The van der Waals surface area contributed by atoms with Gasteiger partial charge in [-0.05, 0) is 26.0 Å². The van der Waals surface area contributed by atoms with Crippen molar-refractivity contribution >= 4 is 28.3 Å². The molecule has 6 heteroatoms. The quantitative estimate of drug-likeness (QED) is 0.568. The fourth-order valence-electron chi connectivity index (χ4n) is 3.06. The number of amides is 1. The topological polar surface area (TPSA) is 59.8 Å². The smallest absolute Gasteiger partial charge is 0.270 e. The van der Waals surface area contributed by atoms with E-state index in [0.29, 0.717) is 18.8 Å². The summed E-state index contributed by atoms with van der Waals surface area (Å²) in [7, 11) is 0. The lowest BCUT2D eigenvalue weighted by molar-refractivity contribution is 0.0948. The molecule has 0 spiro atoms. The van der Waals surface area contributed by atoms with Crippen LogP contribution in [0.5, 0.6) is 0 Å². The fourth-order valence-corrected chi connectivity index (χ4v) is 3.86. The molecule has 2 aromatic heterocycles. The second kappa shape index (κ2) is 7.32. The van der Waals surface area contributed by atoms with Crippen LogP contribution >= 0.6 is 11.3 Å². The number of carbonyl (C=O) groups is 1. The molecule has 1 amide bonds. The number of benzene rings is 2. The van der Waals surface area contributed by atoms with Gasteiger partial charge in [0.2, 0.25) is 0 Å². The van der Waals surface area contributed by atoms with Crippen LogP contribution in [0.15, 0.2) is 53.9 Å². The van der Waals surface area contributed by atoms with Crippen LogP contribution < -0.4 is 5.32 Å². The molecule has 0 radical (unpaired) electrons. The summed E-state index contributed by atoms with van der Waals surface area (Å²) in [5.41, 5.74) is 4.76.